The van der Waals surface area contributed by atoms with Crippen LogP contribution in [0.25, 0.3) is 0 Å². The van der Waals surface area contributed by atoms with Gasteiger partial charge in [0.2, 0.25) is 0 Å². The molecule has 0 aliphatic heterocycles. The molecule has 0 aromatic heterocycles. The van der Waals surface area contributed by atoms with Gasteiger partial charge in [-0.2, -0.15) is 0 Å². The maximum atomic E-state index is 12.3. The summed E-state index contributed by atoms with van der Waals surface area (Å²) in [5.74, 6) is 0.322. The van der Waals surface area contributed by atoms with Crippen molar-refractivity contribution in [3.63, 3.8) is 0 Å². The van der Waals surface area contributed by atoms with Gasteiger partial charge in [-0.25, -0.2) is 0 Å². The number of carbonyl (C=O) groups is 2. The van der Waals surface area contributed by atoms with Crippen LogP contribution >= 0.6 is 0 Å². The number of rotatable bonds is 6. The fourth-order valence-electron chi connectivity index (χ4n) is 2.16. The highest BCUT2D eigenvalue weighted by molar-refractivity contribution is 6.05. The van der Waals surface area contributed by atoms with Crippen LogP contribution in [-0.4, -0.2) is 24.5 Å². The Bertz CT molecular complexity index is 709. The first-order valence-corrected chi connectivity index (χ1v) is 7.96. The Labute approximate surface area is 142 Å². The lowest BCUT2D eigenvalue weighted by Gasteiger charge is -2.10. The van der Waals surface area contributed by atoms with Gasteiger partial charge in [0.15, 0.2) is 0 Å². The predicted octanol–water partition coefficient (Wildman–Crippen LogP) is 3.48. The lowest BCUT2D eigenvalue weighted by molar-refractivity contribution is 0.0954. The van der Waals surface area contributed by atoms with E-state index in [0.717, 1.165) is 5.75 Å². The summed E-state index contributed by atoms with van der Waals surface area (Å²) in [7, 11) is 0. The molecule has 0 atom stereocenters. The van der Waals surface area contributed by atoms with Crippen molar-refractivity contribution in [3.05, 3.63) is 59.7 Å². The quantitative estimate of drug-likeness (QED) is 0.854. The molecule has 0 bridgehead atoms. The van der Waals surface area contributed by atoms with E-state index in [1.54, 1.807) is 48.5 Å². The first-order valence-electron chi connectivity index (χ1n) is 7.96. The van der Waals surface area contributed by atoms with Gasteiger partial charge in [-0.3, -0.25) is 9.59 Å². The Hall–Kier alpha value is -2.82. The van der Waals surface area contributed by atoms with Gasteiger partial charge in [-0.1, -0.05) is 6.07 Å². The second-order valence-corrected chi connectivity index (χ2v) is 5.59. The molecule has 2 amide bonds. The molecule has 0 aliphatic carbocycles. The molecule has 0 saturated heterocycles. The summed E-state index contributed by atoms with van der Waals surface area (Å²) in [6, 6.07) is 13.8. The molecule has 0 spiro atoms. The molecule has 24 heavy (non-hydrogen) atoms. The second kappa shape index (κ2) is 8.15. The fraction of sp³-hybridized carbons (Fsp3) is 0.263. The minimum atomic E-state index is -0.237. The van der Waals surface area contributed by atoms with Crippen LogP contribution in [0.2, 0.25) is 0 Å². The van der Waals surface area contributed by atoms with Crippen molar-refractivity contribution < 1.29 is 14.3 Å². The number of nitrogens with one attached hydrogen (secondary N) is 2. The van der Waals surface area contributed by atoms with Gasteiger partial charge >= 0.3 is 0 Å². The van der Waals surface area contributed by atoms with Crippen molar-refractivity contribution in [2.75, 3.05) is 11.9 Å². The number of amides is 2. The fourth-order valence-corrected chi connectivity index (χ4v) is 2.16. The average Bonchev–Trinajstić information content (AvgIpc) is 2.55. The van der Waals surface area contributed by atoms with Crippen molar-refractivity contribution in [2.45, 2.75) is 26.9 Å². The van der Waals surface area contributed by atoms with Crippen LogP contribution in [0.1, 0.15) is 41.5 Å². The lowest BCUT2D eigenvalue weighted by Crippen LogP contribution is -2.22. The summed E-state index contributed by atoms with van der Waals surface area (Å²) >= 11 is 0. The summed E-state index contributed by atoms with van der Waals surface area (Å²) in [6.45, 7) is 6.31. The third-order valence-electron chi connectivity index (χ3n) is 3.21. The second-order valence-electron chi connectivity index (χ2n) is 5.59. The van der Waals surface area contributed by atoms with Crippen LogP contribution in [0, 0.1) is 0 Å². The van der Waals surface area contributed by atoms with Crippen molar-refractivity contribution in [2.24, 2.45) is 0 Å². The summed E-state index contributed by atoms with van der Waals surface area (Å²) in [4.78, 5) is 24.1. The van der Waals surface area contributed by atoms with Crippen LogP contribution < -0.4 is 15.4 Å². The zero-order chi connectivity index (χ0) is 17.5. The normalized spacial score (nSPS) is 10.3. The Morgan fingerprint density at radius 1 is 1.00 bits per heavy atom. The van der Waals surface area contributed by atoms with Gasteiger partial charge in [0.05, 0.1) is 6.10 Å². The largest absolute Gasteiger partial charge is 0.491 e. The minimum absolute atomic E-state index is 0.0849. The predicted molar refractivity (Wildman–Crippen MR) is 94.6 cm³/mol. The van der Waals surface area contributed by atoms with Crippen molar-refractivity contribution in [1.29, 1.82) is 0 Å². The zero-order valence-electron chi connectivity index (χ0n) is 14.1. The number of anilines is 1. The summed E-state index contributed by atoms with van der Waals surface area (Å²) in [5.41, 5.74) is 1.61. The van der Waals surface area contributed by atoms with Crippen LogP contribution in [0.4, 0.5) is 5.69 Å². The van der Waals surface area contributed by atoms with E-state index in [2.05, 4.69) is 10.6 Å². The van der Waals surface area contributed by atoms with E-state index >= 15 is 0 Å². The van der Waals surface area contributed by atoms with E-state index in [0.29, 0.717) is 23.4 Å². The molecule has 2 rings (SSSR count). The molecule has 0 unspecified atom stereocenters. The molecule has 0 fully saturated rings. The van der Waals surface area contributed by atoms with Crippen LogP contribution in [-0.2, 0) is 0 Å². The Morgan fingerprint density at radius 2 is 1.71 bits per heavy atom. The number of hydrogen-bond acceptors (Lipinski definition) is 3. The van der Waals surface area contributed by atoms with Gasteiger partial charge in [0.25, 0.3) is 11.8 Å². The van der Waals surface area contributed by atoms with Gasteiger partial charge in [0.1, 0.15) is 5.75 Å². The van der Waals surface area contributed by atoms with Crippen LogP contribution in [0.3, 0.4) is 0 Å². The molecule has 5 heteroatoms. The standard InChI is InChI=1S/C19H22N2O3/c1-4-20-18(22)15-6-5-7-16(12-15)21-19(23)14-8-10-17(11-9-14)24-13(2)3/h5-13H,4H2,1-3H3,(H,20,22)(H,21,23). The Balaban J connectivity index is 2.06. The molecular formula is C19H22N2O3. The van der Waals surface area contributed by atoms with E-state index in [9.17, 15) is 9.59 Å². The highest BCUT2D eigenvalue weighted by atomic mass is 16.5. The van der Waals surface area contributed by atoms with Gasteiger partial charge in [-0.15, -0.1) is 0 Å². The summed E-state index contributed by atoms with van der Waals surface area (Å²) < 4.78 is 5.56. The lowest BCUT2D eigenvalue weighted by atomic mass is 10.1. The highest BCUT2D eigenvalue weighted by Gasteiger charge is 2.09. The molecule has 0 aliphatic rings. The Morgan fingerprint density at radius 3 is 2.33 bits per heavy atom. The maximum absolute atomic E-state index is 12.3. The molecule has 0 radical (unpaired) electrons. The number of ether oxygens (including phenoxy) is 1. The average molecular weight is 326 g/mol. The van der Waals surface area contributed by atoms with Gasteiger partial charge < -0.3 is 15.4 Å². The number of carbonyl (C=O) groups excluding carboxylic acids is 2. The van der Waals surface area contributed by atoms with Crippen LogP contribution in [0.5, 0.6) is 5.75 Å². The maximum Gasteiger partial charge on any atom is 0.255 e. The molecule has 2 aromatic rings. The molecule has 2 aromatic carbocycles. The molecule has 2 N–H and O–H groups in total. The number of hydrogen-bond donors (Lipinski definition) is 2. The van der Waals surface area contributed by atoms with Crippen molar-refractivity contribution >= 4 is 17.5 Å². The first-order chi connectivity index (χ1) is 11.5. The number of benzene rings is 2. The topological polar surface area (TPSA) is 67.4 Å². The molecule has 0 heterocycles. The van der Waals surface area contributed by atoms with E-state index in [4.69, 9.17) is 4.74 Å². The van der Waals surface area contributed by atoms with Gasteiger partial charge in [-0.05, 0) is 63.2 Å². The van der Waals surface area contributed by atoms with Crippen molar-refractivity contribution in [1.82, 2.24) is 5.32 Å². The third-order valence-corrected chi connectivity index (χ3v) is 3.21. The molecular weight excluding hydrogens is 304 g/mol. The highest BCUT2D eigenvalue weighted by Crippen LogP contribution is 2.16. The molecule has 0 saturated carbocycles. The monoisotopic (exact) mass is 326 g/mol. The minimum Gasteiger partial charge on any atom is -0.491 e. The van der Waals surface area contributed by atoms with Crippen LogP contribution in [0.15, 0.2) is 48.5 Å². The van der Waals surface area contributed by atoms with Gasteiger partial charge in [0, 0.05) is 23.4 Å². The third kappa shape index (κ3) is 4.84. The Kier molecular flexibility index (Phi) is 5.95. The van der Waals surface area contributed by atoms with Crippen molar-refractivity contribution in [3.8, 4) is 5.75 Å². The van der Waals surface area contributed by atoms with E-state index in [1.165, 1.54) is 0 Å². The van der Waals surface area contributed by atoms with E-state index in [1.807, 2.05) is 20.8 Å². The summed E-state index contributed by atoms with van der Waals surface area (Å²) in [5, 5.41) is 5.53. The molecule has 5 nitrogen and oxygen atoms in total. The smallest absolute Gasteiger partial charge is 0.255 e. The first kappa shape index (κ1) is 17.5. The van der Waals surface area contributed by atoms with E-state index in [-0.39, 0.29) is 17.9 Å². The van der Waals surface area contributed by atoms with E-state index < -0.39 is 0 Å². The summed E-state index contributed by atoms with van der Waals surface area (Å²) in [6.07, 6.45) is 0.0849. The molecule has 126 valence electrons. The SMILES string of the molecule is CCNC(=O)c1cccc(NC(=O)c2ccc(OC(C)C)cc2)c1. The zero-order valence-corrected chi connectivity index (χ0v) is 14.1.